The molecule has 0 N–H and O–H groups in total. The first kappa shape index (κ1) is 25.7. The van der Waals surface area contributed by atoms with E-state index in [9.17, 15) is 18.0 Å². The highest BCUT2D eigenvalue weighted by molar-refractivity contribution is 7.90. The molecule has 3 aliphatic rings. The van der Waals surface area contributed by atoms with Crippen LogP contribution >= 0.6 is 0 Å². The van der Waals surface area contributed by atoms with Crippen molar-refractivity contribution in [3.63, 3.8) is 0 Å². The Bertz CT molecular complexity index is 1310. The molecule has 0 bridgehead atoms. The largest absolute Gasteiger partial charge is 0.444 e. The van der Waals surface area contributed by atoms with Gasteiger partial charge in [0.05, 0.1) is 35.6 Å². The van der Waals surface area contributed by atoms with E-state index in [2.05, 4.69) is 0 Å². The van der Waals surface area contributed by atoms with Crippen molar-refractivity contribution >= 4 is 21.8 Å². The number of likely N-dealkylation sites (tertiary alicyclic amines) is 1. The van der Waals surface area contributed by atoms with Crippen LogP contribution in [0.4, 0.5) is 4.79 Å². The van der Waals surface area contributed by atoms with Gasteiger partial charge in [-0.25, -0.2) is 13.2 Å². The van der Waals surface area contributed by atoms with Crippen LogP contribution in [0.25, 0.3) is 11.3 Å². The molecular weight excluding hydrogens is 496 g/mol. The third kappa shape index (κ3) is 5.11. The van der Waals surface area contributed by atoms with E-state index in [0.717, 1.165) is 12.8 Å². The number of nitrogens with zero attached hydrogens (tertiary/aromatic N) is 4. The fourth-order valence-electron chi connectivity index (χ4n) is 5.28. The van der Waals surface area contributed by atoms with Crippen molar-refractivity contribution in [1.29, 1.82) is 0 Å². The molecule has 10 nitrogen and oxygen atoms in total. The second-order valence-electron chi connectivity index (χ2n) is 10.8. The zero-order valence-corrected chi connectivity index (χ0v) is 22.4. The summed E-state index contributed by atoms with van der Waals surface area (Å²) in [5.41, 5.74) is 1.35. The van der Waals surface area contributed by atoms with Gasteiger partial charge in [0.1, 0.15) is 5.60 Å². The Morgan fingerprint density at radius 1 is 1.03 bits per heavy atom. The third-order valence-electron chi connectivity index (χ3n) is 7.02. The number of carbonyl (C=O) groups is 2. The molecule has 2 aromatic rings. The van der Waals surface area contributed by atoms with E-state index in [-0.39, 0.29) is 34.4 Å². The molecule has 0 unspecified atom stereocenters. The van der Waals surface area contributed by atoms with E-state index in [1.807, 2.05) is 31.5 Å². The van der Waals surface area contributed by atoms with Gasteiger partial charge >= 0.3 is 6.09 Å². The fraction of sp³-hybridized carbons (Fsp3) is 0.577. The first-order valence-corrected chi connectivity index (χ1v) is 14.5. The highest BCUT2D eigenvalue weighted by atomic mass is 32.2. The molecule has 11 heteroatoms. The van der Waals surface area contributed by atoms with E-state index >= 15 is 0 Å². The predicted molar refractivity (Wildman–Crippen MR) is 136 cm³/mol. The van der Waals surface area contributed by atoms with E-state index in [1.54, 1.807) is 28.0 Å². The van der Waals surface area contributed by atoms with E-state index in [0.29, 0.717) is 62.6 Å². The summed E-state index contributed by atoms with van der Waals surface area (Å²) < 4.78 is 39.3. The maximum absolute atomic E-state index is 13.6. The standard InChI is InChI=1S/C26H34N4O6S/c1-26(2,3)36-25(32)29-11-6-7-18(10-12-29)30-23-19-8-4-5-9-21(19)37(33,34)17-20(23)22(27-30)24(31)28-13-15-35-16-14-28/h4-5,8-9,18H,6-7,10-17H2,1-3H3/t18-/m0/s1. The number of hydrogen-bond donors (Lipinski definition) is 0. The second kappa shape index (κ2) is 9.75. The van der Waals surface area contributed by atoms with Crippen molar-refractivity contribution in [1.82, 2.24) is 19.6 Å². The topological polar surface area (TPSA) is 111 Å². The van der Waals surface area contributed by atoms with Crippen LogP contribution in [0.15, 0.2) is 29.2 Å². The van der Waals surface area contributed by atoms with Crippen molar-refractivity contribution in [2.75, 3.05) is 39.4 Å². The van der Waals surface area contributed by atoms with Gasteiger partial charge in [0.25, 0.3) is 5.91 Å². The summed E-state index contributed by atoms with van der Waals surface area (Å²) in [7, 11) is -3.62. The molecule has 1 atom stereocenters. The molecule has 37 heavy (non-hydrogen) atoms. The van der Waals surface area contributed by atoms with Gasteiger partial charge in [-0.3, -0.25) is 9.48 Å². The number of aromatic nitrogens is 2. The number of carbonyl (C=O) groups excluding carboxylic acids is 2. The minimum atomic E-state index is -3.62. The highest BCUT2D eigenvalue weighted by Gasteiger charge is 2.38. The number of sulfone groups is 1. The molecule has 2 fully saturated rings. The molecule has 3 aliphatic heterocycles. The smallest absolute Gasteiger partial charge is 0.410 e. The average Bonchev–Trinajstić information content (AvgIpc) is 3.04. The molecule has 0 radical (unpaired) electrons. The van der Waals surface area contributed by atoms with Gasteiger partial charge in [0, 0.05) is 37.3 Å². The first-order chi connectivity index (χ1) is 17.5. The molecular formula is C26H34N4O6S. The number of morpholine rings is 1. The molecule has 0 aliphatic carbocycles. The van der Waals surface area contributed by atoms with Crippen LogP contribution in [0.5, 0.6) is 0 Å². The predicted octanol–water partition coefficient (Wildman–Crippen LogP) is 3.27. The van der Waals surface area contributed by atoms with Crippen LogP contribution < -0.4 is 0 Å². The normalized spacial score (nSPS) is 21.5. The highest BCUT2D eigenvalue weighted by Crippen LogP contribution is 2.42. The Labute approximate surface area is 217 Å². The Hall–Kier alpha value is -2.92. The van der Waals surface area contributed by atoms with Gasteiger partial charge < -0.3 is 19.3 Å². The molecule has 200 valence electrons. The van der Waals surface area contributed by atoms with Gasteiger partial charge in [-0.15, -0.1) is 0 Å². The molecule has 1 aromatic heterocycles. The Kier molecular flexibility index (Phi) is 6.78. The lowest BCUT2D eigenvalue weighted by Gasteiger charge is -2.26. The summed E-state index contributed by atoms with van der Waals surface area (Å²) in [6.45, 7) is 8.37. The summed E-state index contributed by atoms with van der Waals surface area (Å²) in [4.78, 5) is 29.9. The SMILES string of the molecule is CC(C)(C)OC(=O)N1CCC[C@H](n2nc(C(=O)N3CCOCC3)c3c2-c2ccccc2S(=O)(=O)C3)CC1. The van der Waals surface area contributed by atoms with Gasteiger partial charge in [0.2, 0.25) is 0 Å². The van der Waals surface area contributed by atoms with Gasteiger partial charge in [-0.2, -0.15) is 5.10 Å². The summed E-state index contributed by atoms with van der Waals surface area (Å²) in [6.07, 6.45) is 1.77. The van der Waals surface area contributed by atoms with E-state index in [4.69, 9.17) is 14.6 Å². The molecule has 5 rings (SSSR count). The zero-order chi connectivity index (χ0) is 26.4. The fourth-order valence-corrected chi connectivity index (χ4v) is 6.87. The van der Waals surface area contributed by atoms with Gasteiger partial charge in [-0.1, -0.05) is 18.2 Å². The number of rotatable bonds is 2. The Morgan fingerprint density at radius 2 is 1.76 bits per heavy atom. The number of hydrogen-bond acceptors (Lipinski definition) is 7. The van der Waals surface area contributed by atoms with Crippen molar-refractivity contribution < 1.29 is 27.5 Å². The third-order valence-corrected chi connectivity index (χ3v) is 8.71. The van der Waals surface area contributed by atoms with E-state index in [1.165, 1.54) is 0 Å². The number of amides is 2. The lowest BCUT2D eigenvalue weighted by molar-refractivity contribution is 0.0255. The van der Waals surface area contributed by atoms with Crippen LogP contribution in [-0.2, 0) is 25.1 Å². The van der Waals surface area contributed by atoms with Crippen LogP contribution in [0.3, 0.4) is 0 Å². The zero-order valence-electron chi connectivity index (χ0n) is 21.6. The van der Waals surface area contributed by atoms with Crippen LogP contribution in [0.2, 0.25) is 0 Å². The van der Waals surface area contributed by atoms with Gasteiger partial charge in [-0.05, 0) is 46.1 Å². The summed E-state index contributed by atoms with van der Waals surface area (Å²) in [5.74, 6) is -0.529. The molecule has 0 saturated carbocycles. The average molecular weight is 531 g/mol. The lowest BCUT2D eigenvalue weighted by atomic mass is 10.0. The quantitative estimate of drug-likeness (QED) is 0.586. The maximum Gasteiger partial charge on any atom is 0.410 e. The van der Waals surface area contributed by atoms with Crippen molar-refractivity contribution in [3.05, 3.63) is 35.5 Å². The van der Waals surface area contributed by atoms with E-state index < -0.39 is 15.4 Å². The van der Waals surface area contributed by atoms with Crippen molar-refractivity contribution in [2.24, 2.45) is 0 Å². The Morgan fingerprint density at radius 3 is 2.49 bits per heavy atom. The molecule has 1 aromatic carbocycles. The summed E-state index contributed by atoms with van der Waals surface area (Å²) >= 11 is 0. The molecule has 4 heterocycles. The van der Waals surface area contributed by atoms with Gasteiger partial charge in [0.15, 0.2) is 15.5 Å². The summed E-state index contributed by atoms with van der Waals surface area (Å²) in [6, 6.07) is 6.83. The second-order valence-corrected chi connectivity index (χ2v) is 12.8. The number of fused-ring (bicyclic) bond motifs is 3. The Balaban J connectivity index is 1.53. The maximum atomic E-state index is 13.6. The number of ether oxygens (including phenoxy) is 2. The molecule has 2 saturated heterocycles. The van der Waals surface area contributed by atoms with Crippen LogP contribution in [0.1, 0.15) is 62.1 Å². The monoisotopic (exact) mass is 530 g/mol. The van der Waals surface area contributed by atoms with Crippen LogP contribution in [-0.4, -0.2) is 85.0 Å². The minimum Gasteiger partial charge on any atom is -0.444 e. The van der Waals surface area contributed by atoms with Crippen molar-refractivity contribution in [3.8, 4) is 11.3 Å². The van der Waals surface area contributed by atoms with Crippen molar-refractivity contribution in [2.45, 2.75) is 62.3 Å². The molecule has 0 spiro atoms. The number of benzene rings is 1. The lowest BCUT2D eigenvalue weighted by Crippen LogP contribution is -2.41. The van der Waals surface area contributed by atoms with Crippen LogP contribution in [0, 0.1) is 0 Å². The summed E-state index contributed by atoms with van der Waals surface area (Å²) in [5, 5.41) is 4.81. The minimum absolute atomic E-state index is 0.0960. The molecule has 2 amide bonds. The first-order valence-electron chi connectivity index (χ1n) is 12.8.